The van der Waals surface area contributed by atoms with Gasteiger partial charge < -0.3 is 27.6 Å². The molecule has 0 unspecified atom stereocenters. The van der Waals surface area contributed by atoms with Crippen molar-refractivity contribution in [3.05, 3.63) is 71.8 Å². The molecule has 2 aromatic carbocycles. The Morgan fingerprint density at radius 3 is 2.35 bits per heavy atom. The van der Waals surface area contributed by atoms with Crippen molar-refractivity contribution in [2.45, 2.75) is 24.7 Å². The molecule has 0 amide bonds. The molecule has 4 nitrogen and oxygen atoms in total. The Labute approximate surface area is 141 Å². The first-order valence-corrected chi connectivity index (χ1v) is 7.55. The third-order valence-corrected chi connectivity index (χ3v) is 4.05. The number of carbonyl (C=O) groups is 1. The zero-order chi connectivity index (χ0) is 15.4. The van der Waals surface area contributed by atoms with Gasteiger partial charge in [-0.2, -0.15) is 0 Å². The summed E-state index contributed by atoms with van der Waals surface area (Å²) in [5.41, 5.74) is 1.69. The van der Waals surface area contributed by atoms with E-state index in [1.807, 2.05) is 24.3 Å². The SMILES string of the molecule is O=C(O[C@@H]1[C@@H](O)C[NH2+][C@@H]1Cc1ccccc1)c1ccccc1.[Cl-]. The second-order valence-electron chi connectivity index (χ2n) is 5.63. The lowest BCUT2D eigenvalue weighted by molar-refractivity contribution is -0.674. The van der Waals surface area contributed by atoms with E-state index in [2.05, 4.69) is 17.4 Å². The molecule has 1 saturated heterocycles. The molecule has 0 spiro atoms. The fourth-order valence-electron chi connectivity index (χ4n) is 2.89. The Morgan fingerprint density at radius 2 is 1.70 bits per heavy atom. The number of hydrogen-bond donors (Lipinski definition) is 2. The zero-order valence-electron chi connectivity index (χ0n) is 12.6. The molecule has 0 radical (unpaired) electrons. The van der Waals surface area contributed by atoms with Crippen molar-refractivity contribution in [1.29, 1.82) is 0 Å². The van der Waals surface area contributed by atoms with Gasteiger partial charge in [-0.15, -0.1) is 0 Å². The fourth-order valence-corrected chi connectivity index (χ4v) is 2.89. The fraction of sp³-hybridized carbons (Fsp3) is 0.278. The summed E-state index contributed by atoms with van der Waals surface area (Å²) in [6, 6.07) is 19.0. The Bertz CT molecular complexity index is 621. The van der Waals surface area contributed by atoms with Crippen LogP contribution in [0.25, 0.3) is 0 Å². The van der Waals surface area contributed by atoms with Crippen LogP contribution >= 0.6 is 0 Å². The molecular formula is C18H20ClNO3. The van der Waals surface area contributed by atoms with Gasteiger partial charge in [-0.1, -0.05) is 48.5 Å². The monoisotopic (exact) mass is 333 g/mol. The molecule has 122 valence electrons. The number of aliphatic hydroxyl groups excluding tert-OH is 1. The van der Waals surface area contributed by atoms with Gasteiger partial charge in [0.1, 0.15) is 18.7 Å². The molecule has 2 aromatic rings. The zero-order valence-corrected chi connectivity index (χ0v) is 13.4. The topological polar surface area (TPSA) is 63.1 Å². The normalized spacial score (nSPS) is 23.1. The van der Waals surface area contributed by atoms with Gasteiger partial charge in [0, 0.05) is 6.42 Å². The number of aliphatic hydroxyl groups is 1. The van der Waals surface area contributed by atoms with E-state index in [0.29, 0.717) is 12.1 Å². The molecule has 0 aliphatic carbocycles. The first-order chi connectivity index (χ1) is 10.7. The van der Waals surface area contributed by atoms with Crippen LogP contribution in [0.3, 0.4) is 0 Å². The van der Waals surface area contributed by atoms with Crippen molar-refractivity contribution < 1.29 is 32.4 Å². The van der Waals surface area contributed by atoms with Gasteiger partial charge in [0.05, 0.1) is 5.56 Å². The van der Waals surface area contributed by atoms with Crippen LogP contribution in [0.5, 0.6) is 0 Å². The molecule has 3 atom stereocenters. The minimum atomic E-state index is -0.624. The highest BCUT2D eigenvalue weighted by Crippen LogP contribution is 2.15. The Balaban J connectivity index is 0.00000192. The van der Waals surface area contributed by atoms with E-state index in [0.717, 1.165) is 6.42 Å². The number of nitrogens with two attached hydrogens (primary N) is 1. The van der Waals surface area contributed by atoms with Gasteiger partial charge in [0.2, 0.25) is 0 Å². The molecule has 3 rings (SSSR count). The number of quaternary nitrogens is 1. The van der Waals surface area contributed by atoms with Crippen LogP contribution in [0, 0.1) is 0 Å². The highest BCUT2D eigenvalue weighted by atomic mass is 35.5. The number of rotatable bonds is 4. The van der Waals surface area contributed by atoms with Crippen molar-refractivity contribution in [3.63, 3.8) is 0 Å². The largest absolute Gasteiger partial charge is 1.00 e. The minimum Gasteiger partial charge on any atom is -1.00 e. The Kier molecular flexibility index (Phi) is 6.16. The summed E-state index contributed by atoms with van der Waals surface area (Å²) in [4.78, 5) is 12.2. The molecule has 5 heteroatoms. The van der Waals surface area contributed by atoms with E-state index in [1.165, 1.54) is 5.56 Å². The van der Waals surface area contributed by atoms with Gasteiger partial charge in [-0.05, 0) is 17.7 Å². The van der Waals surface area contributed by atoms with Crippen LogP contribution in [0.2, 0.25) is 0 Å². The minimum absolute atomic E-state index is 0. The van der Waals surface area contributed by atoms with Crippen molar-refractivity contribution in [1.82, 2.24) is 0 Å². The molecule has 0 aromatic heterocycles. The van der Waals surface area contributed by atoms with Crippen molar-refractivity contribution in [3.8, 4) is 0 Å². The molecule has 1 aliphatic heterocycles. The Morgan fingerprint density at radius 1 is 1.09 bits per heavy atom. The standard InChI is InChI=1S/C18H19NO3.ClH/c20-16-12-19-15(11-13-7-3-1-4-8-13)17(16)22-18(21)14-9-5-2-6-10-14;/h1-10,15-17,19-20H,11-12H2;1H/t15-,16+,17+;/m1./s1. The molecule has 3 N–H and O–H groups in total. The third-order valence-electron chi connectivity index (χ3n) is 4.05. The van der Waals surface area contributed by atoms with Crippen LogP contribution in [0.15, 0.2) is 60.7 Å². The number of ether oxygens (including phenoxy) is 1. The van der Waals surface area contributed by atoms with Crippen LogP contribution in [0.1, 0.15) is 15.9 Å². The first kappa shape index (κ1) is 17.5. The summed E-state index contributed by atoms with van der Waals surface area (Å²) in [5.74, 6) is -0.377. The Hall–Kier alpha value is -1.88. The van der Waals surface area contributed by atoms with Crippen molar-refractivity contribution in [2.75, 3.05) is 6.54 Å². The van der Waals surface area contributed by atoms with Crippen molar-refractivity contribution >= 4 is 5.97 Å². The number of benzene rings is 2. The van der Waals surface area contributed by atoms with Gasteiger partial charge in [-0.3, -0.25) is 0 Å². The predicted molar refractivity (Wildman–Crippen MR) is 82.4 cm³/mol. The average molecular weight is 334 g/mol. The highest BCUT2D eigenvalue weighted by Gasteiger charge is 2.41. The average Bonchev–Trinajstić information content (AvgIpc) is 2.90. The number of hydrogen-bond acceptors (Lipinski definition) is 3. The molecule has 23 heavy (non-hydrogen) atoms. The maximum absolute atomic E-state index is 12.2. The molecule has 0 saturated carbocycles. The summed E-state index contributed by atoms with van der Waals surface area (Å²) < 4.78 is 5.57. The lowest BCUT2D eigenvalue weighted by Crippen LogP contribution is -3.00. The predicted octanol–water partition coefficient (Wildman–Crippen LogP) is -2.23. The second-order valence-corrected chi connectivity index (χ2v) is 5.63. The van der Waals surface area contributed by atoms with Gasteiger partial charge in [0.25, 0.3) is 0 Å². The summed E-state index contributed by atoms with van der Waals surface area (Å²) in [7, 11) is 0. The maximum atomic E-state index is 12.2. The van der Waals surface area contributed by atoms with Crippen molar-refractivity contribution in [2.24, 2.45) is 0 Å². The second kappa shape index (κ2) is 8.11. The van der Waals surface area contributed by atoms with E-state index in [1.54, 1.807) is 24.3 Å². The van der Waals surface area contributed by atoms with E-state index >= 15 is 0 Å². The van der Waals surface area contributed by atoms with E-state index < -0.39 is 12.2 Å². The third kappa shape index (κ3) is 4.32. The number of halogens is 1. The number of carbonyl (C=O) groups excluding carboxylic acids is 1. The molecule has 0 bridgehead atoms. The van der Waals surface area contributed by atoms with E-state index in [-0.39, 0.29) is 24.4 Å². The number of esters is 1. The molecular weight excluding hydrogens is 314 g/mol. The molecule has 1 aliphatic rings. The highest BCUT2D eigenvalue weighted by molar-refractivity contribution is 5.89. The maximum Gasteiger partial charge on any atom is 0.338 e. The summed E-state index contributed by atoms with van der Waals surface area (Å²) >= 11 is 0. The summed E-state index contributed by atoms with van der Waals surface area (Å²) in [6.45, 7) is 0.560. The lowest BCUT2D eigenvalue weighted by Gasteiger charge is -2.19. The van der Waals surface area contributed by atoms with Crippen LogP contribution in [-0.4, -0.2) is 35.9 Å². The lowest BCUT2D eigenvalue weighted by atomic mass is 10.0. The summed E-state index contributed by atoms with van der Waals surface area (Å²) in [5, 5.41) is 12.2. The molecule has 1 fully saturated rings. The first-order valence-electron chi connectivity index (χ1n) is 7.55. The summed E-state index contributed by atoms with van der Waals surface area (Å²) in [6.07, 6.45) is -0.334. The quantitative estimate of drug-likeness (QED) is 0.622. The van der Waals surface area contributed by atoms with Gasteiger partial charge in [0.15, 0.2) is 6.10 Å². The van der Waals surface area contributed by atoms with Gasteiger partial charge in [-0.25, -0.2) is 4.79 Å². The smallest absolute Gasteiger partial charge is 0.338 e. The van der Waals surface area contributed by atoms with E-state index in [4.69, 9.17) is 4.74 Å². The van der Waals surface area contributed by atoms with Crippen LogP contribution < -0.4 is 17.7 Å². The molecule has 1 heterocycles. The van der Waals surface area contributed by atoms with Crippen LogP contribution in [-0.2, 0) is 11.2 Å². The van der Waals surface area contributed by atoms with E-state index in [9.17, 15) is 9.90 Å². The van der Waals surface area contributed by atoms with Gasteiger partial charge >= 0.3 is 5.97 Å². The van der Waals surface area contributed by atoms with Crippen LogP contribution in [0.4, 0.5) is 0 Å².